The Morgan fingerprint density at radius 1 is 1.33 bits per heavy atom. The highest BCUT2D eigenvalue weighted by atomic mass is 16.5. The summed E-state index contributed by atoms with van der Waals surface area (Å²) < 4.78 is 7.34. The van der Waals surface area contributed by atoms with E-state index >= 15 is 0 Å². The van der Waals surface area contributed by atoms with Gasteiger partial charge in [0.05, 0.1) is 6.54 Å². The van der Waals surface area contributed by atoms with E-state index in [-0.39, 0.29) is 0 Å². The van der Waals surface area contributed by atoms with Gasteiger partial charge >= 0.3 is 0 Å². The summed E-state index contributed by atoms with van der Waals surface area (Å²) >= 11 is 0. The third-order valence-electron chi connectivity index (χ3n) is 4.78. The van der Waals surface area contributed by atoms with E-state index in [1.54, 1.807) is 13.1 Å². The van der Waals surface area contributed by atoms with Crippen LogP contribution in [0.1, 0.15) is 43.0 Å². The van der Waals surface area contributed by atoms with E-state index in [4.69, 9.17) is 10.3 Å². The Balaban J connectivity index is 1.44. The van der Waals surface area contributed by atoms with Crippen LogP contribution in [0.25, 0.3) is 11.3 Å². The van der Waals surface area contributed by atoms with Crippen LogP contribution in [0.2, 0.25) is 0 Å². The Morgan fingerprint density at radius 2 is 2.11 bits per heavy atom. The molecule has 1 fully saturated rings. The topological polar surface area (TPSA) is 90.1 Å². The lowest BCUT2D eigenvalue weighted by atomic mass is 9.81. The van der Waals surface area contributed by atoms with Gasteiger partial charge in [-0.3, -0.25) is 0 Å². The first-order chi connectivity index (χ1) is 13.1. The van der Waals surface area contributed by atoms with E-state index in [2.05, 4.69) is 22.0 Å². The molecule has 2 heterocycles. The first-order valence-electron chi connectivity index (χ1n) is 9.10. The van der Waals surface area contributed by atoms with Gasteiger partial charge < -0.3 is 19.9 Å². The van der Waals surface area contributed by atoms with Crippen molar-refractivity contribution in [2.45, 2.75) is 38.5 Å². The van der Waals surface area contributed by atoms with Gasteiger partial charge in [-0.15, -0.1) is 0 Å². The highest BCUT2D eigenvalue weighted by Crippen LogP contribution is 2.25. The SMILES string of the molecule is C[C@H](O)c1nccn1Cc1cc(-c2ccc(C#C[C@H]3C[C@H](N)C3)cc2)on1. The number of aliphatic hydroxyl groups is 1. The van der Waals surface area contributed by atoms with Gasteiger partial charge in [-0.25, -0.2) is 4.98 Å². The minimum absolute atomic E-state index is 0.325. The number of rotatable bonds is 4. The Hall–Kier alpha value is -2.88. The Morgan fingerprint density at radius 3 is 2.81 bits per heavy atom. The summed E-state index contributed by atoms with van der Waals surface area (Å²) in [6, 6.07) is 10.2. The third kappa shape index (κ3) is 3.95. The molecule has 0 bridgehead atoms. The molecule has 0 aliphatic heterocycles. The number of aliphatic hydroxyl groups excluding tert-OH is 1. The Bertz CT molecular complexity index is 970. The molecule has 3 aromatic rings. The van der Waals surface area contributed by atoms with Crippen LogP contribution in [-0.4, -0.2) is 25.9 Å². The van der Waals surface area contributed by atoms with Crippen molar-refractivity contribution in [2.75, 3.05) is 0 Å². The molecule has 6 nitrogen and oxygen atoms in total. The zero-order chi connectivity index (χ0) is 18.8. The molecule has 1 saturated carbocycles. The largest absolute Gasteiger partial charge is 0.385 e. The Kier molecular flexibility index (Phi) is 4.80. The predicted octanol–water partition coefficient (Wildman–Crippen LogP) is 2.73. The highest BCUT2D eigenvalue weighted by Gasteiger charge is 2.23. The van der Waals surface area contributed by atoms with E-state index in [1.165, 1.54) is 0 Å². The smallest absolute Gasteiger partial charge is 0.167 e. The van der Waals surface area contributed by atoms with Crippen LogP contribution < -0.4 is 5.73 Å². The third-order valence-corrected chi connectivity index (χ3v) is 4.78. The average Bonchev–Trinajstić information content (AvgIpc) is 3.28. The fourth-order valence-electron chi connectivity index (χ4n) is 3.20. The summed E-state index contributed by atoms with van der Waals surface area (Å²) in [5.41, 5.74) is 8.50. The molecule has 138 valence electrons. The molecule has 1 aliphatic rings. The lowest BCUT2D eigenvalue weighted by Gasteiger charge is -2.27. The second-order valence-corrected chi connectivity index (χ2v) is 7.05. The lowest BCUT2D eigenvalue weighted by molar-refractivity contribution is 0.184. The standard InChI is InChI=1S/C21H22N4O2/c1-14(26)21-23-8-9-25(21)13-19-12-20(27-24-19)17-6-4-15(5-7-17)2-3-16-10-18(22)11-16/h4-9,12,14,16,18,26H,10-11,13,22H2,1H3/t14-,16-,18-/m0/s1. The molecule has 4 rings (SSSR count). The van der Waals surface area contributed by atoms with Crippen molar-refractivity contribution in [3.8, 4) is 23.2 Å². The maximum Gasteiger partial charge on any atom is 0.167 e. The maximum absolute atomic E-state index is 9.75. The molecular formula is C21H22N4O2. The van der Waals surface area contributed by atoms with Crippen LogP contribution in [0.5, 0.6) is 0 Å². The minimum atomic E-state index is -0.629. The van der Waals surface area contributed by atoms with Crippen molar-refractivity contribution in [3.05, 3.63) is 59.8 Å². The van der Waals surface area contributed by atoms with Gasteiger partial charge in [0.1, 0.15) is 17.6 Å². The lowest BCUT2D eigenvalue weighted by Crippen LogP contribution is -2.35. The van der Waals surface area contributed by atoms with E-state index in [9.17, 15) is 5.11 Å². The number of imidazole rings is 1. The van der Waals surface area contributed by atoms with Crippen LogP contribution in [0.4, 0.5) is 0 Å². The molecule has 3 N–H and O–H groups in total. The zero-order valence-electron chi connectivity index (χ0n) is 15.2. The molecule has 27 heavy (non-hydrogen) atoms. The molecule has 1 atom stereocenters. The van der Waals surface area contributed by atoms with Gasteiger partial charge in [0.25, 0.3) is 0 Å². The molecule has 6 heteroatoms. The number of nitrogens with zero attached hydrogens (tertiary/aromatic N) is 3. The maximum atomic E-state index is 9.75. The molecule has 0 spiro atoms. The van der Waals surface area contributed by atoms with Crippen LogP contribution >= 0.6 is 0 Å². The quantitative estimate of drug-likeness (QED) is 0.697. The zero-order valence-corrected chi connectivity index (χ0v) is 15.2. The van der Waals surface area contributed by atoms with Crippen molar-refractivity contribution in [1.29, 1.82) is 0 Å². The molecule has 0 amide bonds. The van der Waals surface area contributed by atoms with Crippen molar-refractivity contribution in [1.82, 2.24) is 14.7 Å². The van der Waals surface area contributed by atoms with Crippen LogP contribution in [0.15, 0.2) is 47.2 Å². The first-order valence-corrected chi connectivity index (χ1v) is 9.10. The van der Waals surface area contributed by atoms with Gasteiger partial charge in [-0.05, 0) is 44.0 Å². The van der Waals surface area contributed by atoms with Gasteiger partial charge in [-0.1, -0.05) is 17.0 Å². The van der Waals surface area contributed by atoms with Crippen molar-refractivity contribution < 1.29 is 9.63 Å². The second kappa shape index (κ2) is 7.39. The first kappa shape index (κ1) is 17.5. The fraction of sp³-hybridized carbons (Fsp3) is 0.333. The molecule has 1 aliphatic carbocycles. The van der Waals surface area contributed by atoms with Crippen LogP contribution in [0.3, 0.4) is 0 Å². The van der Waals surface area contributed by atoms with Crippen molar-refractivity contribution in [2.24, 2.45) is 11.7 Å². The molecule has 0 saturated heterocycles. The monoisotopic (exact) mass is 362 g/mol. The number of aromatic nitrogens is 3. The van der Waals surface area contributed by atoms with E-state index in [1.807, 2.05) is 41.1 Å². The average molecular weight is 362 g/mol. The molecule has 0 radical (unpaired) electrons. The molecule has 0 unspecified atom stereocenters. The minimum Gasteiger partial charge on any atom is -0.385 e. The highest BCUT2D eigenvalue weighted by molar-refractivity contribution is 5.59. The summed E-state index contributed by atoms with van der Waals surface area (Å²) in [7, 11) is 0. The predicted molar refractivity (Wildman–Crippen MR) is 101 cm³/mol. The van der Waals surface area contributed by atoms with E-state index < -0.39 is 6.10 Å². The summed E-state index contributed by atoms with van der Waals surface area (Å²) in [4.78, 5) is 4.17. The molecular weight excluding hydrogens is 340 g/mol. The molecule has 1 aromatic carbocycles. The second-order valence-electron chi connectivity index (χ2n) is 7.05. The summed E-state index contributed by atoms with van der Waals surface area (Å²) in [5, 5.41) is 13.9. The Labute approximate surface area is 158 Å². The van der Waals surface area contributed by atoms with Gasteiger partial charge in [0, 0.05) is 41.5 Å². The molecule has 2 aromatic heterocycles. The number of hydrogen-bond acceptors (Lipinski definition) is 5. The van der Waals surface area contributed by atoms with E-state index in [0.29, 0.717) is 30.1 Å². The summed E-state index contributed by atoms with van der Waals surface area (Å²) in [6.45, 7) is 2.19. The van der Waals surface area contributed by atoms with E-state index in [0.717, 1.165) is 29.7 Å². The number of hydrogen-bond donors (Lipinski definition) is 2. The number of nitrogens with two attached hydrogens (primary N) is 1. The van der Waals surface area contributed by atoms with Crippen LogP contribution in [0, 0.1) is 17.8 Å². The fourth-order valence-corrected chi connectivity index (χ4v) is 3.20. The van der Waals surface area contributed by atoms with Gasteiger partial charge in [0.15, 0.2) is 5.76 Å². The number of benzene rings is 1. The van der Waals surface area contributed by atoms with Gasteiger partial charge in [0.2, 0.25) is 0 Å². The summed E-state index contributed by atoms with van der Waals surface area (Å²) in [5.74, 6) is 8.23. The van der Waals surface area contributed by atoms with Crippen LogP contribution in [-0.2, 0) is 6.54 Å². The van der Waals surface area contributed by atoms with Gasteiger partial charge in [-0.2, -0.15) is 0 Å². The van der Waals surface area contributed by atoms with Crippen molar-refractivity contribution in [3.63, 3.8) is 0 Å². The summed E-state index contributed by atoms with van der Waals surface area (Å²) in [6.07, 6.45) is 4.86. The normalized spacial score (nSPS) is 19.8. The van der Waals surface area contributed by atoms with Crippen molar-refractivity contribution >= 4 is 0 Å².